The van der Waals surface area contributed by atoms with Crippen molar-refractivity contribution in [1.29, 1.82) is 0 Å². The molecule has 0 bridgehead atoms. The molecule has 0 heterocycles. The van der Waals surface area contributed by atoms with Crippen molar-refractivity contribution in [2.75, 3.05) is 5.88 Å². The highest BCUT2D eigenvalue weighted by Gasteiger charge is 2.09. The zero-order valence-corrected chi connectivity index (χ0v) is 11.7. The van der Waals surface area contributed by atoms with E-state index in [1.54, 1.807) is 0 Å². The van der Waals surface area contributed by atoms with Gasteiger partial charge in [-0.2, -0.15) is 0 Å². The quantitative estimate of drug-likeness (QED) is 0.406. The van der Waals surface area contributed by atoms with Gasteiger partial charge in [-0.15, -0.1) is 11.6 Å². The van der Waals surface area contributed by atoms with Gasteiger partial charge >= 0.3 is 0 Å². The fourth-order valence-corrected chi connectivity index (χ4v) is 2.87. The lowest BCUT2D eigenvalue weighted by molar-refractivity contribution is 1.72. The number of rotatable bonds is 2. The van der Waals surface area contributed by atoms with Crippen LogP contribution in [0, 0.1) is 0 Å². The summed E-state index contributed by atoms with van der Waals surface area (Å²) < 4.78 is 0. The Kier molecular flexibility index (Phi) is 3.46. The highest BCUT2D eigenvalue weighted by Crippen LogP contribution is 2.36. The molecule has 0 saturated heterocycles. The molecule has 94 valence electrons. The minimum absolute atomic E-state index is 0.505. The Balaban J connectivity index is 2.52. The average Bonchev–Trinajstić information content (AvgIpc) is 2.47. The van der Waals surface area contributed by atoms with Gasteiger partial charge in [0, 0.05) is 16.7 Å². The van der Waals surface area contributed by atoms with Gasteiger partial charge in [0.2, 0.25) is 0 Å². The van der Waals surface area contributed by atoms with Gasteiger partial charge in [-0.05, 0) is 16.3 Å². The van der Waals surface area contributed by atoms with Crippen LogP contribution in [0.2, 0.25) is 5.02 Å². The molecule has 0 atom stereocenters. The Labute approximate surface area is 122 Å². The second-order valence-corrected chi connectivity index (χ2v) is 5.06. The third kappa shape index (κ3) is 2.11. The predicted molar refractivity (Wildman–Crippen MR) is 86.2 cm³/mol. The first kappa shape index (κ1) is 12.5. The summed E-state index contributed by atoms with van der Waals surface area (Å²) in [4.78, 5) is 0. The molecule has 0 spiro atoms. The van der Waals surface area contributed by atoms with Crippen LogP contribution in [0.15, 0.2) is 54.6 Å². The Morgan fingerprint density at radius 1 is 0.789 bits per heavy atom. The van der Waals surface area contributed by atoms with E-state index >= 15 is 0 Å². The summed E-state index contributed by atoms with van der Waals surface area (Å²) in [6.07, 6.45) is 4.04. The molecule has 0 amide bonds. The molecule has 0 aliphatic rings. The number of hydrogen-bond donors (Lipinski definition) is 0. The van der Waals surface area contributed by atoms with Crippen molar-refractivity contribution in [3.8, 4) is 0 Å². The number of fused-ring (bicyclic) bond motifs is 2. The van der Waals surface area contributed by atoms with Crippen LogP contribution in [-0.4, -0.2) is 5.88 Å². The number of halogens is 2. The summed E-state index contributed by atoms with van der Waals surface area (Å²) in [5.41, 5.74) is 1.18. The highest BCUT2D eigenvalue weighted by molar-refractivity contribution is 6.41. The first-order valence-corrected chi connectivity index (χ1v) is 7.05. The first-order valence-electron chi connectivity index (χ1n) is 6.14. The molecular formula is C17H12Cl2. The molecule has 2 heteroatoms. The van der Waals surface area contributed by atoms with E-state index in [1.165, 1.54) is 5.56 Å². The van der Waals surface area contributed by atoms with Gasteiger partial charge in [-0.1, -0.05) is 72.3 Å². The predicted octanol–water partition coefficient (Wildman–Crippen LogP) is 5.90. The third-order valence-electron chi connectivity index (χ3n) is 3.28. The van der Waals surface area contributed by atoms with Gasteiger partial charge in [0.15, 0.2) is 0 Å². The molecule has 3 aromatic rings. The highest BCUT2D eigenvalue weighted by atomic mass is 35.5. The van der Waals surface area contributed by atoms with Gasteiger partial charge in [0.25, 0.3) is 0 Å². The van der Waals surface area contributed by atoms with E-state index in [-0.39, 0.29) is 0 Å². The molecule has 0 aliphatic heterocycles. The second-order valence-electron chi connectivity index (χ2n) is 4.38. The fourth-order valence-electron chi connectivity index (χ4n) is 2.45. The molecule has 0 nitrogen and oxygen atoms in total. The summed E-state index contributed by atoms with van der Waals surface area (Å²) in [7, 11) is 0. The maximum atomic E-state index is 6.53. The fraction of sp³-hybridized carbons (Fsp3) is 0.0588. The van der Waals surface area contributed by atoms with Gasteiger partial charge in [-0.3, -0.25) is 0 Å². The lowest BCUT2D eigenvalue weighted by Gasteiger charge is -2.10. The summed E-state index contributed by atoms with van der Waals surface area (Å²) in [6, 6.07) is 16.4. The minimum atomic E-state index is 0.505. The smallest absolute Gasteiger partial charge is 0.0563 e. The van der Waals surface area contributed by atoms with Gasteiger partial charge in [0.1, 0.15) is 0 Å². The molecule has 3 aromatic carbocycles. The third-order valence-corrected chi connectivity index (χ3v) is 3.87. The van der Waals surface area contributed by atoms with Crippen molar-refractivity contribution >= 4 is 50.8 Å². The monoisotopic (exact) mass is 286 g/mol. The zero-order chi connectivity index (χ0) is 13.2. The minimum Gasteiger partial charge on any atom is -0.122 e. The van der Waals surface area contributed by atoms with Crippen molar-refractivity contribution in [3.05, 3.63) is 65.2 Å². The summed E-state index contributed by atoms with van der Waals surface area (Å²) in [5.74, 6) is 0.505. The molecule has 0 unspecified atom stereocenters. The van der Waals surface area contributed by atoms with Crippen LogP contribution < -0.4 is 0 Å². The average molecular weight is 287 g/mol. The van der Waals surface area contributed by atoms with Crippen molar-refractivity contribution < 1.29 is 0 Å². The van der Waals surface area contributed by atoms with Crippen LogP contribution in [0.25, 0.3) is 27.6 Å². The van der Waals surface area contributed by atoms with E-state index in [4.69, 9.17) is 23.2 Å². The van der Waals surface area contributed by atoms with Crippen molar-refractivity contribution in [3.63, 3.8) is 0 Å². The Morgan fingerprint density at radius 2 is 1.26 bits per heavy atom. The molecule has 0 aliphatic carbocycles. The SMILES string of the molecule is ClCC=Cc1c2ccccc2c(Cl)c2ccccc12. The van der Waals surface area contributed by atoms with E-state index in [2.05, 4.69) is 30.3 Å². The second kappa shape index (κ2) is 5.24. The normalized spacial score (nSPS) is 11.7. The maximum absolute atomic E-state index is 6.53. The van der Waals surface area contributed by atoms with Crippen molar-refractivity contribution in [2.45, 2.75) is 0 Å². The Hall–Kier alpha value is -1.50. The molecule has 0 saturated carbocycles. The summed E-state index contributed by atoms with van der Waals surface area (Å²) >= 11 is 12.3. The number of alkyl halides is 1. The largest absolute Gasteiger partial charge is 0.122 e. The lowest BCUT2D eigenvalue weighted by atomic mass is 9.96. The topological polar surface area (TPSA) is 0 Å². The molecule has 3 rings (SSSR count). The Morgan fingerprint density at radius 3 is 1.74 bits per heavy atom. The van der Waals surface area contributed by atoms with Crippen LogP contribution in [-0.2, 0) is 0 Å². The molecule has 0 fully saturated rings. The molecule has 0 radical (unpaired) electrons. The van der Waals surface area contributed by atoms with E-state index < -0.39 is 0 Å². The summed E-state index contributed by atoms with van der Waals surface area (Å²) in [6.45, 7) is 0. The standard InChI is InChI=1S/C17H12Cl2/c18-11-5-10-12-13-6-1-3-8-15(13)17(19)16-9-4-2-7-14(12)16/h1-10H,11H2. The first-order chi connectivity index (χ1) is 9.33. The van der Waals surface area contributed by atoms with Gasteiger partial charge in [0.05, 0.1) is 5.02 Å². The van der Waals surface area contributed by atoms with E-state index in [9.17, 15) is 0 Å². The van der Waals surface area contributed by atoms with Gasteiger partial charge in [-0.25, -0.2) is 0 Å². The number of allylic oxidation sites excluding steroid dienone is 1. The van der Waals surface area contributed by atoms with Crippen LogP contribution in [0.3, 0.4) is 0 Å². The maximum Gasteiger partial charge on any atom is 0.0563 e. The Bertz CT molecular complexity index is 716. The number of benzene rings is 3. The van der Waals surface area contributed by atoms with Crippen LogP contribution in [0.5, 0.6) is 0 Å². The molecule has 19 heavy (non-hydrogen) atoms. The van der Waals surface area contributed by atoms with E-state index in [0.717, 1.165) is 26.6 Å². The zero-order valence-electron chi connectivity index (χ0n) is 10.2. The van der Waals surface area contributed by atoms with Crippen LogP contribution >= 0.6 is 23.2 Å². The van der Waals surface area contributed by atoms with E-state index in [1.807, 2.05) is 30.3 Å². The van der Waals surface area contributed by atoms with Crippen LogP contribution in [0.4, 0.5) is 0 Å². The lowest BCUT2D eigenvalue weighted by Crippen LogP contribution is -1.85. The summed E-state index contributed by atoms with van der Waals surface area (Å²) in [5, 5.41) is 5.29. The van der Waals surface area contributed by atoms with Gasteiger partial charge < -0.3 is 0 Å². The van der Waals surface area contributed by atoms with E-state index in [0.29, 0.717) is 5.88 Å². The molecule has 0 aromatic heterocycles. The number of hydrogen-bond acceptors (Lipinski definition) is 0. The molecular weight excluding hydrogens is 275 g/mol. The van der Waals surface area contributed by atoms with Crippen molar-refractivity contribution in [1.82, 2.24) is 0 Å². The van der Waals surface area contributed by atoms with Crippen LogP contribution in [0.1, 0.15) is 5.56 Å². The van der Waals surface area contributed by atoms with Crippen molar-refractivity contribution in [2.24, 2.45) is 0 Å². The molecule has 0 N–H and O–H groups in total.